The van der Waals surface area contributed by atoms with Crippen LogP contribution in [-0.4, -0.2) is 22.2 Å². The predicted octanol–water partition coefficient (Wildman–Crippen LogP) is 2.77. The molecule has 2 N–H and O–H groups in total. The molecule has 0 atom stereocenters. The van der Waals surface area contributed by atoms with Crippen LogP contribution in [-0.2, 0) is 4.79 Å². The molecule has 3 nitrogen and oxygen atoms in total. The van der Waals surface area contributed by atoms with Crippen molar-refractivity contribution in [2.24, 2.45) is 11.8 Å². The van der Waals surface area contributed by atoms with Gasteiger partial charge in [-0.3, -0.25) is 4.79 Å². The maximum absolute atomic E-state index is 12.4. The highest BCUT2D eigenvalue weighted by Crippen LogP contribution is 2.50. The molecule has 2 bridgehead atoms. The van der Waals surface area contributed by atoms with Crippen LogP contribution in [0.2, 0.25) is 0 Å². The van der Waals surface area contributed by atoms with E-state index in [-0.39, 0.29) is 17.4 Å². The smallest absolute Gasteiger partial charge is 0.223 e. The minimum atomic E-state index is -0.465. The Labute approximate surface area is 116 Å². The van der Waals surface area contributed by atoms with Crippen LogP contribution in [0.25, 0.3) is 0 Å². The SMILES string of the molecule is CCC1CCC(C(=O)NC23CCC(O)(CC2)C3)CC1. The van der Waals surface area contributed by atoms with E-state index in [4.69, 9.17) is 0 Å². The molecule has 1 amide bonds. The van der Waals surface area contributed by atoms with E-state index in [1.165, 1.54) is 19.3 Å². The molecule has 3 aliphatic rings. The van der Waals surface area contributed by atoms with Gasteiger partial charge >= 0.3 is 0 Å². The summed E-state index contributed by atoms with van der Waals surface area (Å²) in [4.78, 5) is 12.4. The molecule has 0 heterocycles. The third-order valence-electron chi connectivity index (χ3n) is 5.99. The quantitative estimate of drug-likeness (QED) is 0.824. The van der Waals surface area contributed by atoms with E-state index in [2.05, 4.69) is 12.2 Å². The fourth-order valence-corrected chi connectivity index (χ4v) is 4.54. The average molecular weight is 265 g/mol. The lowest BCUT2D eigenvalue weighted by Crippen LogP contribution is -2.48. The molecule has 3 heteroatoms. The molecule has 0 spiro atoms. The van der Waals surface area contributed by atoms with Crippen molar-refractivity contribution in [2.75, 3.05) is 0 Å². The summed E-state index contributed by atoms with van der Waals surface area (Å²) in [5.74, 6) is 1.33. The lowest BCUT2D eigenvalue weighted by molar-refractivity contribution is -0.128. The highest BCUT2D eigenvalue weighted by Gasteiger charge is 2.54. The van der Waals surface area contributed by atoms with Crippen molar-refractivity contribution in [3.8, 4) is 0 Å². The van der Waals surface area contributed by atoms with Gasteiger partial charge in [-0.25, -0.2) is 0 Å². The van der Waals surface area contributed by atoms with Gasteiger partial charge in [-0.2, -0.15) is 0 Å². The molecule has 19 heavy (non-hydrogen) atoms. The number of rotatable bonds is 3. The summed E-state index contributed by atoms with van der Waals surface area (Å²) in [5.41, 5.74) is -0.527. The molecule has 3 rings (SSSR count). The van der Waals surface area contributed by atoms with E-state index in [1.54, 1.807) is 0 Å². The molecule has 3 aliphatic carbocycles. The molecule has 3 saturated carbocycles. The highest BCUT2D eigenvalue weighted by atomic mass is 16.3. The Morgan fingerprint density at radius 1 is 1.16 bits per heavy atom. The first-order valence-corrected chi connectivity index (χ1v) is 8.09. The number of carbonyl (C=O) groups is 1. The molecule has 0 aromatic heterocycles. The largest absolute Gasteiger partial charge is 0.390 e. The van der Waals surface area contributed by atoms with Crippen LogP contribution in [0.15, 0.2) is 0 Å². The fraction of sp³-hybridized carbons (Fsp3) is 0.938. The predicted molar refractivity (Wildman–Crippen MR) is 74.6 cm³/mol. The maximum atomic E-state index is 12.4. The monoisotopic (exact) mass is 265 g/mol. The van der Waals surface area contributed by atoms with E-state index < -0.39 is 5.60 Å². The number of carbonyl (C=O) groups excluding carboxylic acids is 1. The topological polar surface area (TPSA) is 49.3 Å². The van der Waals surface area contributed by atoms with Crippen molar-refractivity contribution in [3.05, 3.63) is 0 Å². The number of amides is 1. The van der Waals surface area contributed by atoms with Gasteiger partial charge < -0.3 is 10.4 Å². The van der Waals surface area contributed by atoms with Gasteiger partial charge in [-0.15, -0.1) is 0 Å². The zero-order valence-corrected chi connectivity index (χ0v) is 12.1. The molecule has 0 unspecified atom stereocenters. The number of nitrogens with one attached hydrogen (secondary N) is 1. The minimum absolute atomic E-state index is 0.0621. The Morgan fingerprint density at radius 3 is 2.26 bits per heavy atom. The van der Waals surface area contributed by atoms with Gasteiger partial charge in [0, 0.05) is 11.5 Å². The maximum Gasteiger partial charge on any atom is 0.223 e. The third-order valence-corrected chi connectivity index (χ3v) is 5.99. The van der Waals surface area contributed by atoms with Gasteiger partial charge in [0.2, 0.25) is 5.91 Å². The van der Waals surface area contributed by atoms with E-state index in [0.717, 1.165) is 50.9 Å². The first-order valence-electron chi connectivity index (χ1n) is 8.09. The van der Waals surface area contributed by atoms with Crippen LogP contribution >= 0.6 is 0 Å². The summed E-state index contributed by atoms with van der Waals surface area (Å²) in [6.07, 6.45) is 10.3. The zero-order chi connectivity index (χ0) is 13.5. The van der Waals surface area contributed by atoms with Gasteiger partial charge in [-0.05, 0) is 63.7 Å². The Balaban J connectivity index is 1.55. The summed E-state index contributed by atoms with van der Waals surface area (Å²) in [7, 11) is 0. The van der Waals surface area contributed by atoms with Crippen LogP contribution in [0, 0.1) is 11.8 Å². The van der Waals surface area contributed by atoms with Crippen molar-refractivity contribution in [2.45, 2.75) is 82.3 Å². The Kier molecular flexibility index (Phi) is 3.36. The average Bonchev–Trinajstić information content (AvgIpc) is 2.92. The van der Waals surface area contributed by atoms with E-state index in [1.807, 2.05) is 0 Å². The molecule has 3 fully saturated rings. The van der Waals surface area contributed by atoms with Gasteiger partial charge in [-0.1, -0.05) is 13.3 Å². The van der Waals surface area contributed by atoms with Gasteiger partial charge in [0.05, 0.1) is 5.60 Å². The highest BCUT2D eigenvalue weighted by molar-refractivity contribution is 5.79. The van der Waals surface area contributed by atoms with Crippen molar-refractivity contribution in [3.63, 3.8) is 0 Å². The molecule has 0 aliphatic heterocycles. The van der Waals surface area contributed by atoms with Crippen molar-refractivity contribution >= 4 is 5.91 Å². The Morgan fingerprint density at radius 2 is 1.79 bits per heavy atom. The number of aliphatic hydroxyl groups is 1. The first-order chi connectivity index (χ1) is 9.04. The van der Waals surface area contributed by atoms with Crippen molar-refractivity contribution in [1.82, 2.24) is 5.32 Å². The first kappa shape index (κ1) is 13.4. The van der Waals surface area contributed by atoms with E-state index >= 15 is 0 Å². The van der Waals surface area contributed by atoms with E-state index in [9.17, 15) is 9.90 Å². The Bertz CT molecular complexity index is 350. The van der Waals surface area contributed by atoms with E-state index in [0.29, 0.717) is 0 Å². The minimum Gasteiger partial charge on any atom is -0.390 e. The third kappa shape index (κ3) is 2.54. The number of hydrogen-bond acceptors (Lipinski definition) is 2. The second-order valence-electron chi connectivity index (χ2n) is 7.30. The summed E-state index contributed by atoms with van der Waals surface area (Å²) in [5, 5.41) is 13.6. The second-order valence-corrected chi connectivity index (χ2v) is 7.30. The van der Waals surface area contributed by atoms with Crippen LogP contribution in [0.3, 0.4) is 0 Å². The Hall–Kier alpha value is -0.570. The van der Waals surface area contributed by atoms with Gasteiger partial charge in [0.15, 0.2) is 0 Å². The standard InChI is InChI=1S/C16H27NO2/c1-2-12-3-5-13(6-4-12)14(18)17-15-7-9-16(19,11-15)10-8-15/h12-13,19H,2-11H2,1H3,(H,17,18). The zero-order valence-electron chi connectivity index (χ0n) is 12.1. The second kappa shape index (κ2) is 4.76. The lowest BCUT2D eigenvalue weighted by Gasteiger charge is -2.32. The van der Waals surface area contributed by atoms with Crippen LogP contribution < -0.4 is 5.32 Å². The van der Waals surface area contributed by atoms with Crippen molar-refractivity contribution < 1.29 is 9.90 Å². The van der Waals surface area contributed by atoms with Gasteiger partial charge in [0.25, 0.3) is 0 Å². The molecule has 0 radical (unpaired) electrons. The number of hydrogen-bond donors (Lipinski definition) is 2. The normalized spacial score (nSPS) is 45.4. The molecule has 0 aromatic rings. The summed E-state index contributed by atoms with van der Waals surface area (Å²) < 4.78 is 0. The van der Waals surface area contributed by atoms with Crippen LogP contribution in [0.4, 0.5) is 0 Å². The fourth-order valence-electron chi connectivity index (χ4n) is 4.54. The molecule has 0 aromatic carbocycles. The molecule has 108 valence electrons. The van der Waals surface area contributed by atoms with Crippen LogP contribution in [0.1, 0.15) is 71.1 Å². The van der Waals surface area contributed by atoms with Crippen molar-refractivity contribution in [1.29, 1.82) is 0 Å². The molecular weight excluding hydrogens is 238 g/mol. The summed E-state index contributed by atoms with van der Waals surface area (Å²) >= 11 is 0. The lowest BCUT2D eigenvalue weighted by atomic mass is 9.80. The molecular formula is C16H27NO2. The number of fused-ring (bicyclic) bond motifs is 2. The van der Waals surface area contributed by atoms with Crippen LogP contribution in [0.5, 0.6) is 0 Å². The molecule has 0 saturated heterocycles. The summed E-state index contributed by atoms with van der Waals surface area (Å²) in [6.45, 7) is 2.25. The van der Waals surface area contributed by atoms with Gasteiger partial charge in [0.1, 0.15) is 0 Å². The summed E-state index contributed by atoms with van der Waals surface area (Å²) in [6, 6.07) is 0.